The van der Waals surface area contributed by atoms with E-state index in [1.165, 1.54) is 5.56 Å². The maximum Gasteiger partial charge on any atom is 0.123 e. The molecule has 1 aliphatic rings. The number of fused-ring (bicyclic) bond motifs is 1. The third kappa shape index (κ3) is 3.47. The fourth-order valence-electron chi connectivity index (χ4n) is 2.36. The van der Waals surface area contributed by atoms with Gasteiger partial charge < -0.3 is 15.0 Å². The summed E-state index contributed by atoms with van der Waals surface area (Å²) in [6.45, 7) is 7.51. The maximum atomic E-state index is 5.91. The average molecular weight is 248 g/mol. The van der Waals surface area contributed by atoms with E-state index >= 15 is 0 Å². The van der Waals surface area contributed by atoms with Gasteiger partial charge in [-0.2, -0.15) is 0 Å². The summed E-state index contributed by atoms with van der Waals surface area (Å²) in [5.41, 5.74) is 1.34. The van der Waals surface area contributed by atoms with Gasteiger partial charge in [-0.3, -0.25) is 0 Å². The first-order chi connectivity index (χ1) is 8.69. The van der Waals surface area contributed by atoms with Crippen molar-refractivity contribution in [3.05, 3.63) is 29.8 Å². The number of likely N-dealkylation sites (N-methyl/N-ethyl adjacent to an activating group) is 1. The predicted molar refractivity (Wildman–Crippen MR) is 75.2 cm³/mol. The van der Waals surface area contributed by atoms with E-state index in [1.807, 2.05) is 6.07 Å². The van der Waals surface area contributed by atoms with Crippen LogP contribution in [0, 0.1) is 0 Å². The molecule has 0 amide bonds. The molecule has 3 heteroatoms. The molecule has 1 heterocycles. The Morgan fingerprint density at radius 3 is 2.94 bits per heavy atom. The minimum Gasteiger partial charge on any atom is -0.488 e. The van der Waals surface area contributed by atoms with Crippen LogP contribution in [0.5, 0.6) is 5.75 Å². The summed E-state index contributed by atoms with van der Waals surface area (Å²) in [4.78, 5) is 2.32. The molecule has 100 valence electrons. The first-order valence-electron chi connectivity index (χ1n) is 6.85. The summed E-state index contributed by atoms with van der Waals surface area (Å²) in [6, 6.07) is 8.83. The van der Waals surface area contributed by atoms with Gasteiger partial charge >= 0.3 is 0 Å². The van der Waals surface area contributed by atoms with Gasteiger partial charge in [-0.25, -0.2) is 0 Å². The van der Waals surface area contributed by atoms with Crippen molar-refractivity contribution in [2.75, 3.05) is 26.7 Å². The summed E-state index contributed by atoms with van der Waals surface area (Å²) in [5, 5.41) is 3.56. The van der Waals surface area contributed by atoms with Gasteiger partial charge in [-0.1, -0.05) is 25.1 Å². The van der Waals surface area contributed by atoms with Crippen molar-refractivity contribution < 1.29 is 4.74 Å². The van der Waals surface area contributed by atoms with Gasteiger partial charge in [0.25, 0.3) is 0 Å². The monoisotopic (exact) mass is 248 g/mol. The fraction of sp³-hybridized carbons (Fsp3) is 0.600. The Hall–Kier alpha value is -1.06. The van der Waals surface area contributed by atoms with E-state index in [-0.39, 0.29) is 6.10 Å². The standard InChI is InChI=1S/C15H24N2O/c1-4-17(3)11-12(2)16-10-14-9-13-7-5-6-8-15(13)18-14/h5-8,12,14,16H,4,9-11H2,1-3H3. The number of hydrogen-bond donors (Lipinski definition) is 1. The molecule has 2 atom stereocenters. The molecule has 0 saturated heterocycles. The minimum atomic E-state index is 0.289. The van der Waals surface area contributed by atoms with Crippen LogP contribution in [0.1, 0.15) is 19.4 Å². The molecule has 2 rings (SSSR count). The number of benzene rings is 1. The van der Waals surface area contributed by atoms with Gasteiger partial charge in [0, 0.05) is 25.6 Å². The Morgan fingerprint density at radius 1 is 1.44 bits per heavy atom. The molecular weight excluding hydrogens is 224 g/mol. The Kier molecular flexibility index (Phi) is 4.61. The van der Waals surface area contributed by atoms with E-state index in [4.69, 9.17) is 4.74 Å². The van der Waals surface area contributed by atoms with E-state index in [9.17, 15) is 0 Å². The highest BCUT2D eigenvalue weighted by atomic mass is 16.5. The van der Waals surface area contributed by atoms with Gasteiger partial charge in [-0.15, -0.1) is 0 Å². The number of nitrogens with one attached hydrogen (secondary N) is 1. The Labute approximate surface area is 110 Å². The molecule has 0 spiro atoms. The highest BCUT2D eigenvalue weighted by molar-refractivity contribution is 5.37. The summed E-state index contributed by atoms with van der Waals surface area (Å²) < 4.78 is 5.91. The summed E-state index contributed by atoms with van der Waals surface area (Å²) >= 11 is 0. The van der Waals surface area contributed by atoms with Crippen LogP contribution in [0.4, 0.5) is 0 Å². The lowest BCUT2D eigenvalue weighted by Crippen LogP contribution is -2.41. The largest absolute Gasteiger partial charge is 0.488 e. The molecule has 0 saturated carbocycles. The smallest absolute Gasteiger partial charge is 0.123 e. The van der Waals surface area contributed by atoms with Gasteiger partial charge in [0.2, 0.25) is 0 Å². The lowest BCUT2D eigenvalue weighted by atomic mass is 10.1. The molecule has 1 aromatic rings. The molecule has 1 aliphatic heterocycles. The number of hydrogen-bond acceptors (Lipinski definition) is 3. The van der Waals surface area contributed by atoms with Crippen LogP contribution in [0.3, 0.4) is 0 Å². The Balaban J connectivity index is 1.73. The third-order valence-corrected chi connectivity index (χ3v) is 3.53. The normalized spacial score (nSPS) is 19.7. The second kappa shape index (κ2) is 6.21. The molecule has 0 aliphatic carbocycles. The van der Waals surface area contributed by atoms with Crippen molar-refractivity contribution in [3.8, 4) is 5.75 Å². The molecule has 1 N–H and O–H groups in total. The van der Waals surface area contributed by atoms with Crippen LogP contribution < -0.4 is 10.1 Å². The first kappa shape index (κ1) is 13.4. The highest BCUT2D eigenvalue weighted by Crippen LogP contribution is 2.27. The number of para-hydroxylation sites is 1. The average Bonchev–Trinajstić information content (AvgIpc) is 2.79. The zero-order valence-corrected chi connectivity index (χ0v) is 11.6. The van der Waals surface area contributed by atoms with E-state index in [0.29, 0.717) is 6.04 Å². The van der Waals surface area contributed by atoms with Crippen molar-refractivity contribution in [2.24, 2.45) is 0 Å². The highest BCUT2D eigenvalue weighted by Gasteiger charge is 2.22. The molecule has 18 heavy (non-hydrogen) atoms. The van der Waals surface area contributed by atoms with Crippen molar-refractivity contribution in [1.29, 1.82) is 0 Å². The minimum absolute atomic E-state index is 0.289. The number of rotatable bonds is 6. The quantitative estimate of drug-likeness (QED) is 0.832. The molecule has 0 radical (unpaired) electrons. The molecule has 3 nitrogen and oxygen atoms in total. The van der Waals surface area contributed by atoms with Crippen LogP contribution in [0.25, 0.3) is 0 Å². The van der Waals surface area contributed by atoms with Crippen LogP contribution in [-0.4, -0.2) is 43.7 Å². The molecule has 0 aromatic heterocycles. The Bertz CT molecular complexity index is 356. The zero-order valence-electron chi connectivity index (χ0n) is 11.6. The molecular formula is C15H24N2O. The number of nitrogens with zero attached hydrogens (tertiary/aromatic N) is 1. The molecule has 1 aromatic carbocycles. The number of ether oxygens (including phenoxy) is 1. The first-order valence-corrected chi connectivity index (χ1v) is 6.85. The maximum absolute atomic E-state index is 5.91. The van der Waals surface area contributed by atoms with Gasteiger partial charge in [-0.05, 0) is 32.1 Å². The van der Waals surface area contributed by atoms with Crippen molar-refractivity contribution in [3.63, 3.8) is 0 Å². The second-order valence-electron chi connectivity index (χ2n) is 5.22. The third-order valence-electron chi connectivity index (χ3n) is 3.53. The summed E-state index contributed by atoms with van der Waals surface area (Å²) in [6.07, 6.45) is 1.32. The van der Waals surface area contributed by atoms with Crippen molar-refractivity contribution >= 4 is 0 Å². The van der Waals surface area contributed by atoms with E-state index < -0.39 is 0 Å². The van der Waals surface area contributed by atoms with Gasteiger partial charge in [0.1, 0.15) is 11.9 Å². The second-order valence-corrected chi connectivity index (χ2v) is 5.22. The SMILES string of the molecule is CCN(C)CC(C)NCC1Cc2ccccc2O1. The van der Waals surface area contributed by atoms with Crippen LogP contribution in [-0.2, 0) is 6.42 Å². The lowest BCUT2D eigenvalue weighted by molar-refractivity contribution is 0.214. The Morgan fingerprint density at radius 2 is 2.22 bits per heavy atom. The van der Waals surface area contributed by atoms with E-state index in [2.05, 4.69) is 49.3 Å². The van der Waals surface area contributed by atoms with Crippen molar-refractivity contribution in [1.82, 2.24) is 10.2 Å². The molecule has 0 fully saturated rings. The summed E-state index contributed by atoms with van der Waals surface area (Å²) in [7, 11) is 2.15. The van der Waals surface area contributed by atoms with E-state index in [1.54, 1.807) is 0 Å². The summed E-state index contributed by atoms with van der Waals surface area (Å²) in [5.74, 6) is 1.06. The fourth-order valence-corrected chi connectivity index (χ4v) is 2.36. The van der Waals surface area contributed by atoms with Gasteiger partial charge in [0.15, 0.2) is 0 Å². The van der Waals surface area contributed by atoms with Crippen molar-refractivity contribution in [2.45, 2.75) is 32.4 Å². The molecule has 2 unspecified atom stereocenters. The predicted octanol–water partition coefficient (Wildman–Crippen LogP) is 1.92. The van der Waals surface area contributed by atoms with E-state index in [0.717, 1.165) is 31.8 Å². The van der Waals surface area contributed by atoms with Gasteiger partial charge in [0.05, 0.1) is 0 Å². The lowest BCUT2D eigenvalue weighted by Gasteiger charge is -2.22. The van der Waals surface area contributed by atoms with Crippen LogP contribution in [0.15, 0.2) is 24.3 Å². The molecule has 0 bridgehead atoms. The van der Waals surface area contributed by atoms with Crippen LogP contribution >= 0.6 is 0 Å². The topological polar surface area (TPSA) is 24.5 Å². The zero-order chi connectivity index (χ0) is 13.0. The van der Waals surface area contributed by atoms with Crippen LogP contribution in [0.2, 0.25) is 0 Å².